The minimum Gasteiger partial charge on any atom is -0.497 e. The molecule has 6 heteroatoms. The number of hydrogen-bond acceptors (Lipinski definition) is 5. The molecule has 0 bridgehead atoms. The fourth-order valence-corrected chi connectivity index (χ4v) is 3.96. The van der Waals surface area contributed by atoms with E-state index in [1.54, 1.807) is 81.6 Å². The Hall–Kier alpha value is -4.35. The van der Waals surface area contributed by atoms with Crippen LogP contribution in [0.3, 0.4) is 0 Å². The van der Waals surface area contributed by atoms with Crippen LogP contribution in [0.2, 0.25) is 5.02 Å². The van der Waals surface area contributed by atoms with Crippen molar-refractivity contribution in [3.63, 3.8) is 0 Å². The van der Waals surface area contributed by atoms with Gasteiger partial charge in [0.05, 0.1) is 7.11 Å². The molecule has 0 aromatic heterocycles. The van der Waals surface area contributed by atoms with Crippen molar-refractivity contribution >= 4 is 35.5 Å². The zero-order chi connectivity index (χ0) is 28.0. The Balaban J connectivity index is 1.36. The molecule has 0 radical (unpaired) electrons. The van der Waals surface area contributed by atoms with Crippen LogP contribution in [0.25, 0.3) is 12.2 Å². The lowest BCUT2D eigenvalue weighted by molar-refractivity contribution is -0.149. The SMILES string of the molecule is COc1cc(C)cc(/C=C/c2ccc(OC(=O)C(C)(C)Oc3ccc(C(=O)c4ccc(Cl)cc4)cc3)cc2)c1. The average Bonchev–Trinajstić information content (AvgIpc) is 2.92. The molecule has 4 aromatic rings. The van der Waals surface area contributed by atoms with Gasteiger partial charge in [0.1, 0.15) is 17.2 Å². The van der Waals surface area contributed by atoms with Gasteiger partial charge in [-0.2, -0.15) is 0 Å². The summed E-state index contributed by atoms with van der Waals surface area (Å²) in [6.07, 6.45) is 3.98. The number of esters is 1. The van der Waals surface area contributed by atoms with E-state index in [4.69, 9.17) is 25.8 Å². The minimum atomic E-state index is -1.26. The second kappa shape index (κ2) is 12.0. The van der Waals surface area contributed by atoms with Crippen molar-refractivity contribution in [1.29, 1.82) is 0 Å². The molecule has 0 atom stereocenters. The lowest BCUT2D eigenvalue weighted by atomic mass is 10.0. The van der Waals surface area contributed by atoms with Gasteiger partial charge in [0, 0.05) is 16.1 Å². The predicted octanol–water partition coefficient (Wildman–Crippen LogP) is 7.82. The summed E-state index contributed by atoms with van der Waals surface area (Å²) in [6.45, 7) is 5.29. The molecule has 39 heavy (non-hydrogen) atoms. The highest BCUT2D eigenvalue weighted by atomic mass is 35.5. The standard InChI is InChI=1S/C33H29ClO5/c1-22-19-24(21-30(20-22)37-4)6-5-23-7-15-28(16-8-23)38-32(36)33(2,3)39-29-17-11-26(12-18-29)31(35)25-9-13-27(34)14-10-25/h5-21H,1-4H3/b6-5+. The van der Waals surface area contributed by atoms with Crippen molar-refractivity contribution in [1.82, 2.24) is 0 Å². The Labute approximate surface area is 233 Å². The van der Waals surface area contributed by atoms with Gasteiger partial charge >= 0.3 is 5.97 Å². The molecular formula is C33H29ClO5. The number of carbonyl (C=O) groups excluding carboxylic acids is 2. The number of ketones is 1. The number of carbonyl (C=O) groups is 2. The zero-order valence-electron chi connectivity index (χ0n) is 22.2. The summed E-state index contributed by atoms with van der Waals surface area (Å²) >= 11 is 5.90. The van der Waals surface area contributed by atoms with Gasteiger partial charge in [0.25, 0.3) is 0 Å². The Kier molecular flexibility index (Phi) is 8.52. The Bertz CT molecular complexity index is 1490. The molecule has 4 rings (SSSR count). The fourth-order valence-electron chi connectivity index (χ4n) is 3.84. The van der Waals surface area contributed by atoms with E-state index >= 15 is 0 Å². The summed E-state index contributed by atoms with van der Waals surface area (Å²) in [5.74, 6) is 0.990. The molecule has 0 aliphatic rings. The summed E-state index contributed by atoms with van der Waals surface area (Å²) in [7, 11) is 1.65. The second-order valence-electron chi connectivity index (χ2n) is 9.55. The van der Waals surface area contributed by atoms with E-state index < -0.39 is 11.6 Å². The smallest absolute Gasteiger partial charge is 0.355 e. The number of benzene rings is 4. The maximum atomic E-state index is 12.9. The fraction of sp³-hybridized carbons (Fsp3) is 0.152. The molecule has 5 nitrogen and oxygen atoms in total. The number of rotatable bonds is 9. The first kappa shape index (κ1) is 27.7. The molecule has 4 aromatic carbocycles. The quantitative estimate of drug-likeness (QED) is 0.0937. The summed E-state index contributed by atoms with van der Waals surface area (Å²) < 4.78 is 16.8. The maximum Gasteiger partial charge on any atom is 0.355 e. The molecule has 0 saturated heterocycles. The van der Waals surface area contributed by atoms with E-state index in [-0.39, 0.29) is 5.78 Å². The van der Waals surface area contributed by atoms with E-state index in [0.29, 0.717) is 27.6 Å². The van der Waals surface area contributed by atoms with E-state index in [1.807, 2.05) is 43.3 Å². The molecule has 0 heterocycles. The molecule has 0 spiro atoms. The van der Waals surface area contributed by atoms with Crippen LogP contribution in [0, 0.1) is 6.92 Å². The lowest BCUT2D eigenvalue weighted by Gasteiger charge is -2.24. The second-order valence-corrected chi connectivity index (χ2v) is 9.98. The summed E-state index contributed by atoms with van der Waals surface area (Å²) in [4.78, 5) is 25.6. The third kappa shape index (κ3) is 7.37. The Morgan fingerprint density at radius 1 is 0.718 bits per heavy atom. The van der Waals surface area contributed by atoms with Gasteiger partial charge < -0.3 is 14.2 Å². The Morgan fingerprint density at radius 3 is 1.90 bits per heavy atom. The van der Waals surface area contributed by atoms with Gasteiger partial charge in [-0.3, -0.25) is 4.79 Å². The third-order valence-electron chi connectivity index (χ3n) is 5.96. The topological polar surface area (TPSA) is 61.8 Å². The summed E-state index contributed by atoms with van der Waals surface area (Å²) in [6, 6.07) is 26.6. The summed E-state index contributed by atoms with van der Waals surface area (Å²) in [5, 5.41) is 0.566. The first-order valence-electron chi connectivity index (χ1n) is 12.4. The number of halogens is 1. The Morgan fingerprint density at radius 2 is 1.28 bits per heavy atom. The highest BCUT2D eigenvalue weighted by Gasteiger charge is 2.32. The van der Waals surface area contributed by atoms with Crippen LogP contribution in [-0.2, 0) is 4.79 Å². The van der Waals surface area contributed by atoms with Crippen LogP contribution in [-0.4, -0.2) is 24.5 Å². The van der Waals surface area contributed by atoms with Crippen molar-refractivity contribution in [3.8, 4) is 17.2 Å². The van der Waals surface area contributed by atoms with Crippen LogP contribution in [0.1, 0.15) is 46.5 Å². The van der Waals surface area contributed by atoms with Gasteiger partial charge in [-0.25, -0.2) is 4.79 Å². The van der Waals surface area contributed by atoms with Crippen LogP contribution >= 0.6 is 11.6 Å². The minimum absolute atomic E-state index is 0.131. The average molecular weight is 541 g/mol. The van der Waals surface area contributed by atoms with Crippen LogP contribution in [0.15, 0.2) is 91.0 Å². The zero-order valence-corrected chi connectivity index (χ0v) is 23.0. The molecule has 0 aliphatic heterocycles. The van der Waals surface area contributed by atoms with Crippen LogP contribution in [0.5, 0.6) is 17.2 Å². The maximum absolute atomic E-state index is 12.9. The largest absolute Gasteiger partial charge is 0.497 e. The van der Waals surface area contributed by atoms with E-state index in [9.17, 15) is 9.59 Å². The lowest BCUT2D eigenvalue weighted by Crippen LogP contribution is -2.41. The van der Waals surface area contributed by atoms with Crippen molar-refractivity contribution < 1.29 is 23.8 Å². The first-order valence-corrected chi connectivity index (χ1v) is 12.8. The highest BCUT2D eigenvalue weighted by Crippen LogP contribution is 2.24. The molecule has 0 unspecified atom stereocenters. The normalized spacial score (nSPS) is 11.3. The summed E-state index contributed by atoms with van der Waals surface area (Å²) in [5.41, 5.74) is 2.88. The van der Waals surface area contributed by atoms with E-state index in [2.05, 4.69) is 6.07 Å². The molecule has 0 aliphatic carbocycles. The van der Waals surface area contributed by atoms with Crippen LogP contribution < -0.4 is 14.2 Å². The van der Waals surface area contributed by atoms with Crippen LogP contribution in [0.4, 0.5) is 0 Å². The number of ether oxygens (including phenoxy) is 3. The number of methoxy groups -OCH3 is 1. The van der Waals surface area contributed by atoms with Gasteiger partial charge in [-0.15, -0.1) is 0 Å². The van der Waals surface area contributed by atoms with Crippen molar-refractivity contribution in [2.75, 3.05) is 7.11 Å². The number of hydrogen-bond donors (Lipinski definition) is 0. The van der Waals surface area contributed by atoms with Gasteiger partial charge in [-0.05, 0) is 110 Å². The molecule has 0 N–H and O–H groups in total. The van der Waals surface area contributed by atoms with Crippen molar-refractivity contribution in [2.45, 2.75) is 26.4 Å². The monoisotopic (exact) mass is 540 g/mol. The number of aryl methyl sites for hydroxylation is 1. The van der Waals surface area contributed by atoms with E-state index in [1.165, 1.54) is 0 Å². The molecule has 0 amide bonds. The molecule has 0 fully saturated rings. The first-order chi connectivity index (χ1) is 18.6. The van der Waals surface area contributed by atoms with Gasteiger partial charge in [0.2, 0.25) is 5.60 Å². The molecule has 198 valence electrons. The molecule has 0 saturated carbocycles. The van der Waals surface area contributed by atoms with Crippen molar-refractivity contribution in [2.24, 2.45) is 0 Å². The highest BCUT2D eigenvalue weighted by molar-refractivity contribution is 6.30. The van der Waals surface area contributed by atoms with Crippen molar-refractivity contribution in [3.05, 3.63) is 124 Å². The molecular weight excluding hydrogens is 512 g/mol. The van der Waals surface area contributed by atoms with E-state index in [0.717, 1.165) is 22.4 Å². The van der Waals surface area contributed by atoms with Gasteiger partial charge in [-0.1, -0.05) is 42.0 Å². The predicted molar refractivity (Wildman–Crippen MR) is 155 cm³/mol. The third-order valence-corrected chi connectivity index (χ3v) is 6.21. The van der Waals surface area contributed by atoms with Gasteiger partial charge in [0.15, 0.2) is 5.78 Å².